The molecule has 7 heteroatoms. The lowest BCUT2D eigenvalue weighted by molar-refractivity contribution is 0.119. The molecule has 1 fully saturated rings. The molecule has 0 atom stereocenters. The van der Waals surface area contributed by atoms with E-state index in [-0.39, 0.29) is 16.9 Å². The number of aromatic nitrogens is 1. The number of hydrogen-bond donors (Lipinski definition) is 1. The summed E-state index contributed by atoms with van der Waals surface area (Å²) in [6.07, 6.45) is 3.56. The number of primary sulfonamides is 1. The summed E-state index contributed by atoms with van der Waals surface area (Å²) in [5.74, 6) is 0.394. The lowest BCUT2D eigenvalue weighted by Crippen LogP contribution is -2.26. The predicted molar refractivity (Wildman–Crippen MR) is 69.6 cm³/mol. The van der Waals surface area contributed by atoms with Crippen molar-refractivity contribution in [1.29, 1.82) is 0 Å². The van der Waals surface area contributed by atoms with Crippen molar-refractivity contribution in [2.75, 3.05) is 0 Å². The number of sulfonamides is 1. The van der Waals surface area contributed by atoms with Crippen molar-refractivity contribution >= 4 is 10.0 Å². The lowest BCUT2D eigenvalue weighted by atomic mass is 10.2. The molecule has 0 spiro atoms. The Hall–Kier alpha value is -1.34. The van der Waals surface area contributed by atoms with Gasteiger partial charge in [-0.05, 0) is 33.6 Å². The van der Waals surface area contributed by atoms with Crippen LogP contribution in [0.5, 0.6) is 11.6 Å². The predicted octanol–water partition coefficient (Wildman–Crippen LogP) is 1.45. The van der Waals surface area contributed by atoms with Gasteiger partial charge in [-0.3, -0.25) is 0 Å². The van der Waals surface area contributed by atoms with Crippen molar-refractivity contribution in [1.82, 2.24) is 4.98 Å². The molecule has 0 aromatic carbocycles. The van der Waals surface area contributed by atoms with Crippen LogP contribution in [-0.4, -0.2) is 25.1 Å². The molecule has 0 unspecified atom stereocenters. The summed E-state index contributed by atoms with van der Waals surface area (Å²) in [6, 6.07) is 1.36. The summed E-state index contributed by atoms with van der Waals surface area (Å²) < 4.78 is 34.2. The average Bonchev–Trinajstić information content (AvgIpc) is 3.00. The molecule has 1 aliphatic carbocycles. The minimum absolute atomic E-state index is 0.00172. The Balaban J connectivity index is 2.36. The Morgan fingerprint density at radius 2 is 2.00 bits per heavy atom. The Kier molecular flexibility index (Phi) is 3.44. The first-order chi connectivity index (χ1) is 8.65. The van der Waals surface area contributed by atoms with Gasteiger partial charge in [-0.1, -0.05) is 0 Å². The van der Waals surface area contributed by atoms with Crippen molar-refractivity contribution in [3.05, 3.63) is 12.3 Å². The minimum Gasteiger partial charge on any atom is -0.489 e. The standard InChI is InChI=1S/C12H18N2O4S/c1-12(2,3)18-11-10(19(13,15)16)6-9(7-14-11)17-8-4-5-8/h6-8H,4-5H2,1-3H3,(H2,13,15,16). The highest BCUT2D eigenvalue weighted by Crippen LogP contribution is 2.31. The van der Waals surface area contributed by atoms with Crippen LogP contribution in [0.2, 0.25) is 0 Å². The molecule has 2 rings (SSSR count). The second-order valence-corrected chi connectivity index (χ2v) is 7.08. The molecule has 0 aliphatic heterocycles. The van der Waals surface area contributed by atoms with Crippen LogP contribution in [0.25, 0.3) is 0 Å². The van der Waals surface area contributed by atoms with Gasteiger partial charge in [0.05, 0.1) is 12.3 Å². The highest BCUT2D eigenvalue weighted by Gasteiger charge is 2.26. The van der Waals surface area contributed by atoms with E-state index in [9.17, 15) is 8.42 Å². The number of hydrogen-bond acceptors (Lipinski definition) is 5. The van der Waals surface area contributed by atoms with Gasteiger partial charge in [0, 0.05) is 6.07 Å². The topological polar surface area (TPSA) is 91.5 Å². The van der Waals surface area contributed by atoms with Crippen LogP contribution in [0.1, 0.15) is 33.6 Å². The normalized spacial score (nSPS) is 16.2. The summed E-state index contributed by atoms with van der Waals surface area (Å²) in [5.41, 5.74) is -0.564. The van der Waals surface area contributed by atoms with Gasteiger partial charge in [0.2, 0.25) is 15.9 Å². The van der Waals surface area contributed by atoms with E-state index in [0.29, 0.717) is 5.75 Å². The van der Waals surface area contributed by atoms with Crippen molar-refractivity contribution in [2.45, 2.75) is 50.2 Å². The van der Waals surface area contributed by atoms with E-state index < -0.39 is 15.6 Å². The largest absolute Gasteiger partial charge is 0.489 e. The van der Waals surface area contributed by atoms with Crippen molar-refractivity contribution < 1.29 is 17.9 Å². The molecular formula is C12H18N2O4S. The third-order valence-electron chi connectivity index (χ3n) is 2.33. The van der Waals surface area contributed by atoms with E-state index in [0.717, 1.165) is 12.8 Å². The molecule has 1 heterocycles. The molecule has 1 aliphatic rings. The van der Waals surface area contributed by atoms with E-state index in [1.807, 2.05) is 0 Å². The second kappa shape index (κ2) is 4.64. The first-order valence-corrected chi connectivity index (χ1v) is 7.58. The average molecular weight is 286 g/mol. The molecule has 0 saturated heterocycles. The number of nitrogens with two attached hydrogens (primary N) is 1. The zero-order valence-electron chi connectivity index (χ0n) is 11.2. The number of nitrogens with zero attached hydrogens (tertiary/aromatic N) is 1. The Morgan fingerprint density at radius 1 is 1.37 bits per heavy atom. The Bertz CT molecular complexity index is 574. The molecular weight excluding hydrogens is 268 g/mol. The molecule has 2 N–H and O–H groups in total. The summed E-state index contributed by atoms with van der Waals surface area (Å²) in [6.45, 7) is 5.41. The summed E-state index contributed by atoms with van der Waals surface area (Å²) in [5, 5.41) is 5.19. The van der Waals surface area contributed by atoms with Gasteiger partial charge in [0.15, 0.2) is 0 Å². The van der Waals surface area contributed by atoms with Gasteiger partial charge in [0.1, 0.15) is 16.2 Å². The first-order valence-electron chi connectivity index (χ1n) is 6.04. The van der Waals surface area contributed by atoms with E-state index in [1.165, 1.54) is 12.3 Å². The van der Waals surface area contributed by atoms with Gasteiger partial charge in [-0.2, -0.15) is 0 Å². The number of rotatable bonds is 4. The van der Waals surface area contributed by atoms with Crippen molar-refractivity contribution in [3.63, 3.8) is 0 Å². The zero-order valence-corrected chi connectivity index (χ0v) is 12.0. The van der Waals surface area contributed by atoms with Crippen LogP contribution in [-0.2, 0) is 10.0 Å². The van der Waals surface area contributed by atoms with Crippen LogP contribution in [0.3, 0.4) is 0 Å². The van der Waals surface area contributed by atoms with Gasteiger partial charge < -0.3 is 9.47 Å². The highest BCUT2D eigenvalue weighted by atomic mass is 32.2. The van der Waals surface area contributed by atoms with Crippen molar-refractivity contribution in [2.24, 2.45) is 5.14 Å². The molecule has 1 aromatic heterocycles. The second-order valence-electron chi connectivity index (χ2n) is 5.55. The molecule has 6 nitrogen and oxygen atoms in total. The van der Waals surface area contributed by atoms with Gasteiger partial charge in [-0.25, -0.2) is 18.5 Å². The fourth-order valence-corrected chi connectivity index (χ4v) is 2.05. The van der Waals surface area contributed by atoms with E-state index >= 15 is 0 Å². The summed E-state index contributed by atoms with van der Waals surface area (Å²) in [4.78, 5) is 3.85. The molecule has 19 heavy (non-hydrogen) atoms. The maximum absolute atomic E-state index is 11.6. The molecule has 0 bridgehead atoms. The third kappa shape index (κ3) is 4.07. The van der Waals surface area contributed by atoms with Crippen LogP contribution in [0, 0.1) is 0 Å². The van der Waals surface area contributed by atoms with E-state index in [2.05, 4.69) is 4.98 Å². The van der Waals surface area contributed by atoms with Crippen LogP contribution in [0.15, 0.2) is 17.2 Å². The molecule has 0 radical (unpaired) electrons. The number of pyridine rings is 1. The van der Waals surface area contributed by atoms with Crippen LogP contribution in [0.4, 0.5) is 0 Å². The van der Waals surface area contributed by atoms with E-state index in [1.54, 1.807) is 20.8 Å². The third-order valence-corrected chi connectivity index (χ3v) is 3.24. The minimum atomic E-state index is -3.91. The number of ether oxygens (including phenoxy) is 2. The van der Waals surface area contributed by atoms with Gasteiger partial charge in [-0.15, -0.1) is 0 Å². The van der Waals surface area contributed by atoms with Crippen molar-refractivity contribution in [3.8, 4) is 11.6 Å². The van der Waals surface area contributed by atoms with Gasteiger partial charge in [0.25, 0.3) is 0 Å². The molecule has 1 aromatic rings. The van der Waals surface area contributed by atoms with E-state index in [4.69, 9.17) is 14.6 Å². The Labute approximate surface area is 113 Å². The SMILES string of the molecule is CC(C)(C)Oc1ncc(OC2CC2)cc1S(N)(=O)=O. The fraction of sp³-hybridized carbons (Fsp3) is 0.583. The van der Waals surface area contributed by atoms with Crippen LogP contribution >= 0.6 is 0 Å². The maximum atomic E-state index is 11.6. The van der Waals surface area contributed by atoms with Gasteiger partial charge >= 0.3 is 0 Å². The Morgan fingerprint density at radius 3 is 2.47 bits per heavy atom. The maximum Gasteiger partial charge on any atom is 0.243 e. The summed E-state index contributed by atoms with van der Waals surface area (Å²) in [7, 11) is -3.91. The molecule has 1 saturated carbocycles. The molecule has 0 amide bonds. The van der Waals surface area contributed by atoms with Crippen LogP contribution < -0.4 is 14.6 Å². The first kappa shape index (κ1) is 14.1. The smallest absolute Gasteiger partial charge is 0.243 e. The molecule has 106 valence electrons. The lowest BCUT2D eigenvalue weighted by Gasteiger charge is -2.21. The zero-order chi connectivity index (χ0) is 14.3. The highest BCUT2D eigenvalue weighted by molar-refractivity contribution is 7.89. The quantitative estimate of drug-likeness (QED) is 0.904. The fourth-order valence-electron chi connectivity index (χ4n) is 1.43. The monoisotopic (exact) mass is 286 g/mol. The summed E-state index contributed by atoms with van der Waals surface area (Å²) >= 11 is 0.